The summed E-state index contributed by atoms with van der Waals surface area (Å²) in [5.41, 5.74) is 3.88. The molecule has 5 heteroatoms. The van der Waals surface area contributed by atoms with Gasteiger partial charge in [0.2, 0.25) is 0 Å². The number of amides is 2. The molecule has 0 saturated carbocycles. The lowest BCUT2D eigenvalue weighted by molar-refractivity contribution is 0.0791. The SMILES string of the molecule is Cc1c(NC(=O)c2cn(CC(C)C)c3ccccc23)cccc1C(=O)N1CCCC1. The average Bonchev–Trinajstić information content (AvgIpc) is 3.38. The number of fused-ring (bicyclic) bond motifs is 1. The van der Waals surface area contributed by atoms with Gasteiger partial charge in [-0.15, -0.1) is 0 Å². The maximum absolute atomic E-state index is 13.2. The van der Waals surface area contributed by atoms with Gasteiger partial charge in [-0.1, -0.05) is 38.1 Å². The topological polar surface area (TPSA) is 54.3 Å². The van der Waals surface area contributed by atoms with E-state index in [4.69, 9.17) is 0 Å². The number of aromatic nitrogens is 1. The van der Waals surface area contributed by atoms with E-state index in [0.29, 0.717) is 22.7 Å². The van der Waals surface area contributed by atoms with Crippen molar-refractivity contribution >= 4 is 28.4 Å². The standard InChI is InChI=1S/C25H29N3O2/c1-17(2)15-28-16-21(20-9-4-5-12-23(20)28)24(29)26-22-11-8-10-19(18(22)3)25(30)27-13-6-7-14-27/h4-5,8-12,16-17H,6-7,13-15H2,1-3H3,(H,26,29). The second-order valence-electron chi connectivity index (χ2n) is 8.54. The molecular weight excluding hydrogens is 374 g/mol. The molecule has 156 valence electrons. The summed E-state index contributed by atoms with van der Waals surface area (Å²) in [7, 11) is 0. The van der Waals surface area contributed by atoms with Gasteiger partial charge >= 0.3 is 0 Å². The molecule has 0 unspecified atom stereocenters. The predicted octanol–water partition coefficient (Wildman–Crippen LogP) is 5.09. The van der Waals surface area contributed by atoms with Crippen LogP contribution in [0.1, 0.15) is 53.0 Å². The van der Waals surface area contributed by atoms with Crippen LogP contribution in [-0.4, -0.2) is 34.4 Å². The van der Waals surface area contributed by atoms with E-state index in [1.54, 1.807) is 0 Å². The molecule has 0 atom stereocenters. The molecule has 1 aromatic heterocycles. The first-order valence-corrected chi connectivity index (χ1v) is 10.7. The predicted molar refractivity (Wildman–Crippen MR) is 121 cm³/mol. The summed E-state index contributed by atoms with van der Waals surface area (Å²) in [5.74, 6) is 0.379. The second-order valence-corrected chi connectivity index (χ2v) is 8.54. The van der Waals surface area contributed by atoms with Crippen molar-refractivity contribution in [3.05, 3.63) is 65.4 Å². The normalized spacial score (nSPS) is 13.9. The van der Waals surface area contributed by atoms with Gasteiger partial charge in [0, 0.05) is 48.0 Å². The number of hydrogen-bond acceptors (Lipinski definition) is 2. The number of nitrogens with zero attached hydrogens (tertiary/aromatic N) is 2. The highest BCUT2D eigenvalue weighted by atomic mass is 16.2. The van der Waals surface area contributed by atoms with E-state index in [2.05, 4.69) is 29.8 Å². The highest BCUT2D eigenvalue weighted by Crippen LogP contribution is 2.26. The zero-order valence-electron chi connectivity index (χ0n) is 17.9. The van der Waals surface area contributed by atoms with Gasteiger partial charge in [0.15, 0.2) is 0 Å². The van der Waals surface area contributed by atoms with Crippen LogP contribution in [0.2, 0.25) is 0 Å². The van der Waals surface area contributed by atoms with E-state index in [1.807, 2.05) is 54.4 Å². The summed E-state index contributed by atoms with van der Waals surface area (Å²) in [6.45, 7) is 8.71. The Morgan fingerprint density at radius 2 is 1.73 bits per heavy atom. The molecule has 2 heterocycles. The van der Waals surface area contributed by atoms with Gasteiger partial charge in [0.05, 0.1) is 5.56 Å². The van der Waals surface area contributed by atoms with Gasteiger partial charge in [-0.3, -0.25) is 9.59 Å². The number of anilines is 1. The van der Waals surface area contributed by atoms with E-state index in [1.165, 1.54) is 0 Å². The van der Waals surface area contributed by atoms with Gasteiger partial charge in [-0.25, -0.2) is 0 Å². The summed E-state index contributed by atoms with van der Waals surface area (Å²) < 4.78 is 2.15. The third-order valence-electron chi connectivity index (χ3n) is 5.80. The monoisotopic (exact) mass is 403 g/mol. The minimum Gasteiger partial charge on any atom is -0.346 e. The number of nitrogens with one attached hydrogen (secondary N) is 1. The van der Waals surface area contributed by atoms with Gasteiger partial charge in [-0.05, 0) is 49.4 Å². The molecule has 1 saturated heterocycles. The van der Waals surface area contributed by atoms with E-state index in [9.17, 15) is 9.59 Å². The molecule has 3 aromatic rings. The minimum absolute atomic E-state index is 0.0506. The van der Waals surface area contributed by atoms with E-state index in [0.717, 1.165) is 48.9 Å². The van der Waals surface area contributed by atoms with Crippen molar-refractivity contribution < 1.29 is 9.59 Å². The number of hydrogen-bond donors (Lipinski definition) is 1. The molecule has 0 aliphatic carbocycles. The number of benzene rings is 2. The maximum atomic E-state index is 13.2. The van der Waals surface area contributed by atoms with E-state index in [-0.39, 0.29) is 11.8 Å². The molecule has 1 N–H and O–H groups in total. The van der Waals surface area contributed by atoms with Crippen molar-refractivity contribution in [3.63, 3.8) is 0 Å². The molecule has 5 nitrogen and oxygen atoms in total. The van der Waals surface area contributed by atoms with Crippen molar-refractivity contribution in [2.45, 2.75) is 40.2 Å². The van der Waals surface area contributed by atoms with Crippen molar-refractivity contribution in [1.82, 2.24) is 9.47 Å². The van der Waals surface area contributed by atoms with Crippen LogP contribution < -0.4 is 5.32 Å². The molecule has 1 fully saturated rings. The zero-order chi connectivity index (χ0) is 21.3. The van der Waals surface area contributed by atoms with Gasteiger partial charge in [0.1, 0.15) is 0 Å². The number of likely N-dealkylation sites (tertiary alicyclic amines) is 1. The van der Waals surface area contributed by atoms with Gasteiger partial charge < -0.3 is 14.8 Å². The Hall–Kier alpha value is -3.08. The lowest BCUT2D eigenvalue weighted by atomic mass is 10.0. The summed E-state index contributed by atoms with van der Waals surface area (Å²) in [5, 5.41) is 3.99. The fraction of sp³-hybridized carbons (Fsp3) is 0.360. The Kier molecular flexibility index (Phi) is 5.62. The third-order valence-corrected chi connectivity index (χ3v) is 5.80. The lowest BCUT2D eigenvalue weighted by Gasteiger charge is -2.18. The number of para-hydroxylation sites is 1. The van der Waals surface area contributed by atoms with Crippen LogP contribution in [0.4, 0.5) is 5.69 Å². The van der Waals surface area contributed by atoms with E-state index < -0.39 is 0 Å². The number of carbonyl (C=O) groups excluding carboxylic acids is 2. The first-order valence-electron chi connectivity index (χ1n) is 10.7. The molecule has 0 bridgehead atoms. The molecule has 1 aliphatic heterocycles. The molecule has 1 aliphatic rings. The highest BCUT2D eigenvalue weighted by molar-refractivity contribution is 6.13. The summed E-state index contributed by atoms with van der Waals surface area (Å²) >= 11 is 0. The molecule has 30 heavy (non-hydrogen) atoms. The van der Waals surface area contributed by atoms with Crippen LogP contribution >= 0.6 is 0 Å². The third kappa shape index (κ3) is 3.84. The van der Waals surface area contributed by atoms with Crippen molar-refractivity contribution in [2.75, 3.05) is 18.4 Å². The molecule has 0 spiro atoms. The molecule has 0 radical (unpaired) electrons. The van der Waals surface area contributed by atoms with Crippen LogP contribution in [-0.2, 0) is 6.54 Å². The number of carbonyl (C=O) groups is 2. The fourth-order valence-electron chi connectivity index (χ4n) is 4.26. The van der Waals surface area contributed by atoms with Crippen molar-refractivity contribution in [3.8, 4) is 0 Å². The Bertz CT molecular complexity index is 1090. The van der Waals surface area contributed by atoms with Crippen LogP contribution in [0.15, 0.2) is 48.7 Å². The van der Waals surface area contributed by atoms with Crippen LogP contribution in [0.25, 0.3) is 10.9 Å². The van der Waals surface area contributed by atoms with Crippen molar-refractivity contribution in [2.24, 2.45) is 5.92 Å². The van der Waals surface area contributed by atoms with Crippen LogP contribution in [0.5, 0.6) is 0 Å². The second kappa shape index (κ2) is 8.34. The Morgan fingerprint density at radius 1 is 1.00 bits per heavy atom. The van der Waals surface area contributed by atoms with Crippen molar-refractivity contribution in [1.29, 1.82) is 0 Å². The Morgan fingerprint density at radius 3 is 2.47 bits per heavy atom. The molecule has 2 aromatic carbocycles. The van der Waals surface area contributed by atoms with Crippen LogP contribution in [0.3, 0.4) is 0 Å². The quantitative estimate of drug-likeness (QED) is 0.645. The first-order chi connectivity index (χ1) is 14.5. The van der Waals surface area contributed by atoms with Gasteiger partial charge in [0.25, 0.3) is 11.8 Å². The van der Waals surface area contributed by atoms with Gasteiger partial charge in [-0.2, -0.15) is 0 Å². The summed E-state index contributed by atoms with van der Waals surface area (Å²) in [6.07, 6.45) is 4.05. The summed E-state index contributed by atoms with van der Waals surface area (Å²) in [4.78, 5) is 28.0. The fourth-order valence-corrected chi connectivity index (χ4v) is 4.26. The maximum Gasteiger partial charge on any atom is 0.257 e. The molecule has 2 amide bonds. The molecular formula is C25H29N3O2. The van der Waals surface area contributed by atoms with E-state index >= 15 is 0 Å². The molecule has 4 rings (SSSR count). The lowest BCUT2D eigenvalue weighted by Crippen LogP contribution is -2.28. The Balaban J connectivity index is 1.63. The first kappa shape index (κ1) is 20.2. The largest absolute Gasteiger partial charge is 0.346 e. The highest BCUT2D eigenvalue weighted by Gasteiger charge is 2.22. The minimum atomic E-state index is -0.150. The number of rotatable bonds is 5. The average molecular weight is 404 g/mol. The van der Waals surface area contributed by atoms with Crippen LogP contribution in [0, 0.1) is 12.8 Å². The smallest absolute Gasteiger partial charge is 0.257 e. The summed E-state index contributed by atoms with van der Waals surface area (Å²) in [6, 6.07) is 13.5. The Labute approximate surface area is 177 Å². The zero-order valence-corrected chi connectivity index (χ0v) is 17.9.